The third kappa shape index (κ3) is 6.84. The van der Waals surface area contributed by atoms with Gasteiger partial charge in [-0.3, -0.25) is 9.59 Å². The molecule has 4 heteroatoms. The zero-order valence-electron chi connectivity index (χ0n) is 17.2. The Bertz CT molecular complexity index is 729. The Labute approximate surface area is 169 Å². The summed E-state index contributed by atoms with van der Waals surface area (Å²) in [5.74, 6) is -0.0378. The van der Waals surface area contributed by atoms with Crippen LogP contribution in [0.15, 0.2) is 60.7 Å². The second-order valence-electron chi connectivity index (χ2n) is 7.40. The Balaban J connectivity index is 2.10. The molecule has 0 aliphatic rings. The number of carbonyl (C=O) groups excluding carboxylic acids is 2. The molecular formula is C24H32N2O2. The molecule has 1 unspecified atom stereocenters. The van der Waals surface area contributed by atoms with Gasteiger partial charge < -0.3 is 10.2 Å². The molecule has 4 nitrogen and oxygen atoms in total. The maximum Gasteiger partial charge on any atom is 0.242 e. The normalized spacial score (nSPS) is 11.9. The molecule has 2 rings (SSSR count). The van der Waals surface area contributed by atoms with E-state index in [1.54, 1.807) is 4.90 Å². The van der Waals surface area contributed by atoms with Gasteiger partial charge in [0.1, 0.15) is 6.04 Å². The van der Waals surface area contributed by atoms with Crippen molar-refractivity contribution in [2.75, 3.05) is 6.54 Å². The number of hydrogen-bond donors (Lipinski definition) is 1. The van der Waals surface area contributed by atoms with Crippen LogP contribution in [0.2, 0.25) is 0 Å². The van der Waals surface area contributed by atoms with Crippen LogP contribution in [-0.2, 0) is 22.4 Å². The maximum atomic E-state index is 13.1. The molecule has 0 aromatic heterocycles. The molecule has 1 N–H and O–H groups in total. The minimum Gasteiger partial charge on any atom is -0.352 e. The summed E-state index contributed by atoms with van der Waals surface area (Å²) in [6, 6.07) is 19.7. The van der Waals surface area contributed by atoms with Crippen molar-refractivity contribution < 1.29 is 9.59 Å². The van der Waals surface area contributed by atoms with Gasteiger partial charge in [-0.25, -0.2) is 0 Å². The van der Waals surface area contributed by atoms with Gasteiger partial charge in [-0.2, -0.15) is 0 Å². The molecule has 0 spiro atoms. The van der Waals surface area contributed by atoms with Crippen molar-refractivity contribution in [3.05, 3.63) is 71.8 Å². The van der Waals surface area contributed by atoms with E-state index < -0.39 is 6.04 Å². The summed E-state index contributed by atoms with van der Waals surface area (Å²) in [5.41, 5.74) is 2.31. The largest absolute Gasteiger partial charge is 0.352 e. The molecule has 2 aromatic carbocycles. The Hall–Kier alpha value is -2.62. The monoisotopic (exact) mass is 380 g/mol. The first-order chi connectivity index (χ1) is 13.5. The first-order valence-electron chi connectivity index (χ1n) is 10.2. The topological polar surface area (TPSA) is 49.4 Å². The van der Waals surface area contributed by atoms with Gasteiger partial charge in [0.05, 0.1) is 0 Å². The number of carbonyl (C=O) groups is 2. The lowest BCUT2D eigenvalue weighted by Gasteiger charge is -2.31. The van der Waals surface area contributed by atoms with Crippen LogP contribution in [0, 0.1) is 0 Å². The molecule has 0 saturated carbocycles. The van der Waals surface area contributed by atoms with Crippen molar-refractivity contribution in [2.24, 2.45) is 0 Å². The van der Waals surface area contributed by atoms with Crippen molar-refractivity contribution in [1.82, 2.24) is 10.2 Å². The number of benzene rings is 2. The quantitative estimate of drug-likeness (QED) is 0.677. The number of hydrogen-bond acceptors (Lipinski definition) is 2. The fourth-order valence-corrected chi connectivity index (χ4v) is 3.32. The predicted molar refractivity (Wildman–Crippen MR) is 114 cm³/mol. The summed E-state index contributed by atoms with van der Waals surface area (Å²) in [6.07, 6.45) is 2.43. The van der Waals surface area contributed by atoms with Crippen LogP contribution in [0.3, 0.4) is 0 Å². The third-order valence-corrected chi connectivity index (χ3v) is 4.77. The molecule has 0 radical (unpaired) electrons. The summed E-state index contributed by atoms with van der Waals surface area (Å²) in [5, 5.41) is 2.97. The predicted octanol–water partition coefficient (Wildman–Crippen LogP) is 3.99. The molecule has 0 aliphatic carbocycles. The van der Waals surface area contributed by atoms with Crippen LogP contribution in [0.1, 0.15) is 44.7 Å². The smallest absolute Gasteiger partial charge is 0.242 e. The van der Waals surface area contributed by atoms with Crippen molar-refractivity contribution in [3.63, 3.8) is 0 Å². The lowest BCUT2D eigenvalue weighted by molar-refractivity contribution is -0.140. The molecule has 28 heavy (non-hydrogen) atoms. The third-order valence-electron chi connectivity index (χ3n) is 4.77. The standard InChI is InChI=1S/C24H32N2O2/c1-4-22(24(28)25-19(2)3)26(18-17-21-13-9-6-10-14-21)23(27)16-15-20-11-7-5-8-12-20/h5-14,19,22H,4,15-18H2,1-3H3,(H,25,28). The van der Waals surface area contributed by atoms with Crippen molar-refractivity contribution in [1.29, 1.82) is 0 Å². The van der Waals surface area contributed by atoms with E-state index in [-0.39, 0.29) is 17.9 Å². The van der Waals surface area contributed by atoms with Crippen LogP contribution < -0.4 is 5.32 Å². The summed E-state index contributed by atoms with van der Waals surface area (Å²) in [7, 11) is 0. The average molecular weight is 381 g/mol. The summed E-state index contributed by atoms with van der Waals surface area (Å²) in [6.45, 7) is 6.39. The molecule has 0 aliphatic heterocycles. The molecule has 0 bridgehead atoms. The zero-order chi connectivity index (χ0) is 20.4. The lowest BCUT2D eigenvalue weighted by Crippen LogP contribution is -2.51. The van der Waals surface area contributed by atoms with Gasteiger partial charge in [-0.15, -0.1) is 0 Å². The van der Waals surface area contributed by atoms with Crippen LogP contribution >= 0.6 is 0 Å². The van der Waals surface area contributed by atoms with E-state index in [1.165, 1.54) is 5.56 Å². The molecule has 0 fully saturated rings. The summed E-state index contributed by atoms with van der Waals surface area (Å²) < 4.78 is 0. The minimum atomic E-state index is -0.436. The van der Waals surface area contributed by atoms with Gasteiger partial charge in [0, 0.05) is 19.0 Å². The first-order valence-corrected chi connectivity index (χ1v) is 10.2. The van der Waals surface area contributed by atoms with E-state index in [1.807, 2.05) is 69.3 Å². The number of nitrogens with zero attached hydrogens (tertiary/aromatic N) is 1. The van der Waals surface area contributed by atoms with Crippen LogP contribution in [-0.4, -0.2) is 35.3 Å². The molecule has 0 heterocycles. The minimum absolute atomic E-state index is 0.0329. The Morgan fingerprint density at radius 2 is 1.43 bits per heavy atom. The fraction of sp³-hybridized carbons (Fsp3) is 0.417. The van der Waals surface area contributed by atoms with Crippen LogP contribution in [0.4, 0.5) is 0 Å². The van der Waals surface area contributed by atoms with Gasteiger partial charge in [-0.05, 0) is 44.2 Å². The Morgan fingerprint density at radius 1 is 0.893 bits per heavy atom. The molecule has 1 atom stereocenters. The van der Waals surface area contributed by atoms with Gasteiger partial charge in [0.2, 0.25) is 11.8 Å². The second-order valence-corrected chi connectivity index (χ2v) is 7.40. The number of rotatable bonds is 10. The highest BCUT2D eigenvalue weighted by Gasteiger charge is 2.28. The lowest BCUT2D eigenvalue weighted by atomic mass is 10.1. The van der Waals surface area contributed by atoms with E-state index >= 15 is 0 Å². The number of nitrogens with one attached hydrogen (secondary N) is 1. The molecule has 0 saturated heterocycles. The Kier molecular flexibility index (Phi) is 8.73. The highest BCUT2D eigenvalue weighted by Crippen LogP contribution is 2.13. The van der Waals surface area contributed by atoms with Crippen LogP contribution in [0.25, 0.3) is 0 Å². The van der Waals surface area contributed by atoms with Crippen molar-refractivity contribution >= 4 is 11.8 Å². The number of amides is 2. The van der Waals surface area contributed by atoms with E-state index in [9.17, 15) is 9.59 Å². The average Bonchev–Trinajstić information content (AvgIpc) is 2.70. The SMILES string of the molecule is CCC(C(=O)NC(C)C)N(CCc1ccccc1)C(=O)CCc1ccccc1. The van der Waals surface area contributed by atoms with E-state index in [0.29, 0.717) is 25.8 Å². The van der Waals surface area contributed by atoms with Crippen molar-refractivity contribution in [2.45, 2.75) is 58.5 Å². The van der Waals surface area contributed by atoms with Gasteiger partial charge in [0.25, 0.3) is 0 Å². The molecule has 2 amide bonds. The van der Waals surface area contributed by atoms with Gasteiger partial charge in [-0.1, -0.05) is 67.6 Å². The van der Waals surface area contributed by atoms with E-state index in [4.69, 9.17) is 0 Å². The van der Waals surface area contributed by atoms with E-state index in [0.717, 1.165) is 12.0 Å². The van der Waals surface area contributed by atoms with Gasteiger partial charge >= 0.3 is 0 Å². The van der Waals surface area contributed by atoms with Gasteiger partial charge in [0.15, 0.2) is 0 Å². The fourth-order valence-electron chi connectivity index (χ4n) is 3.32. The van der Waals surface area contributed by atoms with Crippen LogP contribution in [0.5, 0.6) is 0 Å². The maximum absolute atomic E-state index is 13.1. The molecule has 150 valence electrons. The number of aryl methyl sites for hydroxylation is 1. The second kappa shape index (κ2) is 11.3. The first kappa shape index (κ1) is 21.7. The molecular weight excluding hydrogens is 348 g/mol. The zero-order valence-corrected chi connectivity index (χ0v) is 17.2. The van der Waals surface area contributed by atoms with E-state index in [2.05, 4.69) is 17.4 Å². The summed E-state index contributed by atoms with van der Waals surface area (Å²) >= 11 is 0. The summed E-state index contributed by atoms with van der Waals surface area (Å²) in [4.78, 5) is 27.6. The highest BCUT2D eigenvalue weighted by atomic mass is 16.2. The molecule has 2 aromatic rings. The Morgan fingerprint density at radius 3 is 1.93 bits per heavy atom. The highest BCUT2D eigenvalue weighted by molar-refractivity contribution is 5.87. The van der Waals surface area contributed by atoms with Crippen molar-refractivity contribution in [3.8, 4) is 0 Å².